The molecule has 0 aromatic carbocycles. The smallest absolute Gasteiger partial charge is 0.256 e. The summed E-state index contributed by atoms with van der Waals surface area (Å²) < 4.78 is 39.9. The topological polar surface area (TPSA) is 17.8 Å². The second-order valence-electron chi connectivity index (χ2n) is 3.49. The number of nitrogens with zero attached hydrogens (tertiary/aromatic N) is 2. The fourth-order valence-electron chi connectivity index (χ4n) is 1.69. The third-order valence-corrected chi connectivity index (χ3v) is 3.11. The van der Waals surface area contributed by atoms with Crippen molar-refractivity contribution in [1.29, 1.82) is 0 Å². The van der Waals surface area contributed by atoms with Crippen LogP contribution in [0.1, 0.15) is 19.3 Å². The van der Waals surface area contributed by atoms with Crippen LogP contribution in [0.2, 0.25) is 0 Å². The highest BCUT2D eigenvalue weighted by Crippen LogP contribution is 2.50. The van der Waals surface area contributed by atoms with Gasteiger partial charge in [-0.1, -0.05) is 0 Å². The molecule has 6 heteroatoms. The molecule has 14 heavy (non-hydrogen) atoms. The molecule has 78 valence electrons. The van der Waals surface area contributed by atoms with E-state index in [1.54, 1.807) is 0 Å². The van der Waals surface area contributed by atoms with E-state index in [0.717, 1.165) is 4.68 Å². The van der Waals surface area contributed by atoms with Crippen LogP contribution in [0.25, 0.3) is 0 Å². The number of hydrogen-bond donors (Lipinski definition) is 0. The van der Waals surface area contributed by atoms with Crippen LogP contribution in [0.3, 0.4) is 0 Å². The van der Waals surface area contributed by atoms with Gasteiger partial charge in [0.1, 0.15) is 0 Å². The van der Waals surface area contributed by atoms with E-state index >= 15 is 0 Å². The average molecular weight is 269 g/mol. The van der Waals surface area contributed by atoms with Crippen molar-refractivity contribution in [2.24, 2.45) is 0 Å². The maximum Gasteiger partial charge on any atom is 0.413 e. The van der Waals surface area contributed by atoms with Crippen molar-refractivity contribution in [2.45, 2.75) is 31.0 Å². The van der Waals surface area contributed by atoms with Gasteiger partial charge in [0.05, 0.1) is 10.7 Å². The summed E-state index contributed by atoms with van der Waals surface area (Å²) in [5.74, 6) is 0. The zero-order chi connectivity index (χ0) is 10.4. The second kappa shape index (κ2) is 2.98. The van der Waals surface area contributed by atoms with Crippen LogP contribution >= 0.6 is 15.9 Å². The summed E-state index contributed by atoms with van der Waals surface area (Å²) in [5, 5.41) is 3.73. The summed E-state index contributed by atoms with van der Waals surface area (Å²) in [4.78, 5) is 0. The lowest BCUT2D eigenvalue weighted by Gasteiger charge is -2.43. The Morgan fingerprint density at radius 2 is 2.07 bits per heavy atom. The lowest BCUT2D eigenvalue weighted by Crippen LogP contribution is -2.53. The lowest BCUT2D eigenvalue weighted by atomic mass is 9.76. The maximum absolute atomic E-state index is 12.8. The van der Waals surface area contributed by atoms with Gasteiger partial charge < -0.3 is 0 Å². The number of alkyl halides is 3. The molecule has 2 nitrogen and oxygen atoms in total. The van der Waals surface area contributed by atoms with Gasteiger partial charge in [-0.2, -0.15) is 18.3 Å². The van der Waals surface area contributed by atoms with Crippen molar-refractivity contribution in [3.05, 3.63) is 16.9 Å². The van der Waals surface area contributed by atoms with Gasteiger partial charge in [-0.25, -0.2) is 0 Å². The largest absolute Gasteiger partial charge is 0.413 e. The van der Waals surface area contributed by atoms with Gasteiger partial charge in [-0.05, 0) is 35.2 Å². The molecule has 1 fully saturated rings. The highest BCUT2D eigenvalue weighted by molar-refractivity contribution is 9.10. The summed E-state index contributed by atoms with van der Waals surface area (Å²) in [5.41, 5.74) is -1.75. The Kier molecular flexibility index (Phi) is 2.13. The zero-order valence-electron chi connectivity index (χ0n) is 7.18. The van der Waals surface area contributed by atoms with Crippen molar-refractivity contribution in [1.82, 2.24) is 9.78 Å². The molecule has 1 aromatic heterocycles. The number of aromatic nitrogens is 2. The first-order chi connectivity index (χ1) is 6.46. The van der Waals surface area contributed by atoms with E-state index in [1.165, 1.54) is 12.4 Å². The fourth-order valence-corrected chi connectivity index (χ4v) is 1.97. The third kappa shape index (κ3) is 1.27. The van der Waals surface area contributed by atoms with Crippen LogP contribution < -0.4 is 0 Å². The molecule has 1 aromatic rings. The minimum Gasteiger partial charge on any atom is -0.256 e. The van der Waals surface area contributed by atoms with Crippen molar-refractivity contribution >= 4 is 15.9 Å². The molecule has 0 radical (unpaired) electrons. The lowest BCUT2D eigenvalue weighted by molar-refractivity contribution is -0.243. The predicted molar refractivity (Wildman–Crippen MR) is 47.8 cm³/mol. The van der Waals surface area contributed by atoms with E-state index in [2.05, 4.69) is 21.0 Å². The van der Waals surface area contributed by atoms with Crippen LogP contribution in [0.15, 0.2) is 16.9 Å². The number of halogens is 4. The normalized spacial score (nSPS) is 20.6. The first-order valence-electron chi connectivity index (χ1n) is 4.23. The minimum absolute atomic E-state index is 0.130. The summed E-state index contributed by atoms with van der Waals surface area (Å²) >= 11 is 3.09. The van der Waals surface area contributed by atoms with E-state index in [0.29, 0.717) is 10.9 Å². The molecule has 0 N–H and O–H groups in total. The third-order valence-electron chi connectivity index (χ3n) is 2.70. The molecule has 0 aliphatic heterocycles. The minimum atomic E-state index is -4.21. The SMILES string of the molecule is FC(F)(F)C1(n2cc(Br)cn2)CCC1. The molecule has 0 amide bonds. The molecule has 1 aliphatic rings. The molecule has 2 rings (SSSR count). The van der Waals surface area contributed by atoms with Crippen LogP contribution in [-0.2, 0) is 5.54 Å². The molecule has 0 spiro atoms. The first kappa shape index (κ1) is 10.0. The second-order valence-corrected chi connectivity index (χ2v) is 4.40. The van der Waals surface area contributed by atoms with E-state index in [-0.39, 0.29) is 12.8 Å². The highest BCUT2D eigenvalue weighted by atomic mass is 79.9. The Bertz CT molecular complexity index is 341. The van der Waals surface area contributed by atoms with E-state index in [9.17, 15) is 13.2 Å². The zero-order valence-corrected chi connectivity index (χ0v) is 8.77. The Hall–Kier alpha value is -0.520. The van der Waals surface area contributed by atoms with Crippen molar-refractivity contribution in [3.63, 3.8) is 0 Å². The molecule has 0 atom stereocenters. The molecule has 1 saturated carbocycles. The summed E-state index contributed by atoms with van der Waals surface area (Å²) in [6.07, 6.45) is -0.582. The fraction of sp³-hybridized carbons (Fsp3) is 0.625. The first-order valence-corrected chi connectivity index (χ1v) is 5.02. The van der Waals surface area contributed by atoms with Crippen LogP contribution in [0.5, 0.6) is 0 Å². The van der Waals surface area contributed by atoms with E-state index in [4.69, 9.17) is 0 Å². The Balaban J connectivity index is 2.38. The van der Waals surface area contributed by atoms with Gasteiger partial charge >= 0.3 is 6.18 Å². The van der Waals surface area contributed by atoms with Crippen molar-refractivity contribution in [3.8, 4) is 0 Å². The van der Waals surface area contributed by atoms with Gasteiger partial charge in [0.25, 0.3) is 0 Å². The molecular formula is C8H8BrF3N2. The Morgan fingerprint density at radius 3 is 2.36 bits per heavy atom. The number of hydrogen-bond acceptors (Lipinski definition) is 1. The Morgan fingerprint density at radius 1 is 1.43 bits per heavy atom. The van der Waals surface area contributed by atoms with Crippen LogP contribution in [0, 0.1) is 0 Å². The average Bonchev–Trinajstić information content (AvgIpc) is 2.29. The van der Waals surface area contributed by atoms with Gasteiger partial charge in [-0.3, -0.25) is 4.68 Å². The maximum atomic E-state index is 12.8. The van der Waals surface area contributed by atoms with E-state index in [1.807, 2.05) is 0 Å². The van der Waals surface area contributed by atoms with E-state index < -0.39 is 11.7 Å². The monoisotopic (exact) mass is 268 g/mol. The van der Waals surface area contributed by atoms with Crippen molar-refractivity contribution in [2.75, 3.05) is 0 Å². The van der Waals surface area contributed by atoms with Gasteiger partial charge in [0, 0.05) is 6.20 Å². The summed E-state index contributed by atoms with van der Waals surface area (Å²) in [6, 6.07) is 0. The quantitative estimate of drug-likeness (QED) is 0.766. The molecule has 1 aliphatic carbocycles. The molecule has 0 unspecified atom stereocenters. The number of rotatable bonds is 1. The molecule has 1 heterocycles. The summed E-state index contributed by atoms with van der Waals surface area (Å²) in [6.45, 7) is 0. The molecule has 0 saturated heterocycles. The van der Waals surface area contributed by atoms with Crippen LogP contribution in [0.4, 0.5) is 13.2 Å². The van der Waals surface area contributed by atoms with Gasteiger partial charge in [0.15, 0.2) is 5.54 Å². The standard InChI is InChI=1S/C8H8BrF3N2/c9-6-4-13-14(5-6)7(2-1-3-7)8(10,11)12/h4-5H,1-3H2. The van der Waals surface area contributed by atoms with Gasteiger partial charge in [0.2, 0.25) is 0 Å². The van der Waals surface area contributed by atoms with Crippen LogP contribution in [-0.4, -0.2) is 16.0 Å². The highest BCUT2D eigenvalue weighted by Gasteiger charge is 2.60. The Labute approximate surface area is 87.2 Å². The van der Waals surface area contributed by atoms with Gasteiger partial charge in [-0.15, -0.1) is 0 Å². The molecule has 0 bridgehead atoms. The molecular weight excluding hydrogens is 261 g/mol. The predicted octanol–water partition coefficient (Wildman–Crippen LogP) is 3.09. The van der Waals surface area contributed by atoms with Crippen molar-refractivity contribution < 1.29 is 13.2 Å². The summed E-state index contributed by atoms with van der Waals surface area (Å²) in [7, 11) is 0.